The summed E-state index contributed by atoms with van der Waals surface area (Å²) in [5.41, 5.74) is 5.93. The molecule has 2 aromatic carbocycles. The molecule has 0 saturated carbocycles. The lowest BCUT2D eigenvalue weighted by atomic mass is 10.1. The third-order valence-electron chi connectivity index (χ3n) is 4.98. The summed E-state index contributed by atoms with van der Waals surface area (Å²) in [5.74, 6) is -0.0717. The van der Waals surface area contributed by atoms with Gasteiger partial charge in [0.25, 0.3) is 5.91 Å². The first-order valence-corrected chi connectivity index (χ1v) is 10.6. The number of fused-ring (bicyclic) bond motifs is 1. The van der Waals surface area contributed by atoms with Crippen LogP contribution in [0.3, 0.4) is 0 Å². The highest BCUT2D eigenvalue weighted by atomic mass is 32.1. The van der Waals surface area contributed by atoms with Gasteiger partial charge in [-0.3, -0.25) is 14.7 Å². The summed E-state index contributed by atoms with van der Waals surface area (Å²) in [6.07, 6.45) is 3.53. The van der Waals surface area contributed by atoms with Gasteiger partial charge in [0.1, 0.15) is 0 Å². The first-order valence-electron chi connectivity index (χ1n) is 9.78. The van der Waals surface area contributed by atoms with Crippen molar-refractivity contribution in [2.75, 3.05) is 23.9 Å². The highest BCUT2D eigenvalue weighted by Crippen LogP contribution is 2.33. The van der Waals surface area contributed by atoms with Gasteiger partial charge in [0, 0.05) is 37.7 Å². The van der Waals surface area contributed by atoms with E-state index in [1.807, 2.05) is 55.4 Å². The van der Waals surface area contributed by atoms with Crippen LogP contribution in [0.15, 0.2) is 60.9 Å². The van der Waals surface area contributed by atoms with Crippen molar-refractivity contribution in [2.24, 2.45) is 0 Å². The maximum atomic E-state index is 13.5. The number of hydrogen-bond donors (Lipinski definition) is 0. The predicted molar refractivity (Wildman–Crippen MR) is 125 cm³/mol. The highest BCUT2D eigenvalue weighted by Gasteiger charge is 2.22. The van der Waals surface area contributed by atoms with Gasteiger partial charge in [0.05, 0.1) is 16.8 Å². The van der Waals surface area contributed by atoms with E-state index in [4.69, 9.17) is 4.98 Å². The van der Waals surface area contributed by atoms with Crippen molar-refractivity contribution < 1.29 is 4.79 Å². The monoisotopic (exact) mass is 416 g/mol. The topological polar surface area (TPSA) is 49.3 Å². The van der Waals surface area contributed by atoms with E-state index in [-0.39, 0.29) is 5.91 Å². The third kappa shape index (κ3) is 4.04. The van der Waals surface area contributed by atoms with Crippen molar-refractivity contribution in [3.63, 3.8) is 0 Å². The molecule has 2 aromatic heterocycles. The van der Waals surface area contributed by atoms with Gasteiger partial charge in [-0.05, 0) is 66.9 Å². The van der Waals surface area contributed by atoms with E-state index < -0.39 is 0 Å². The lowest BCUT2D eigenvalue weighted by molar-refractivity contribution is 0.0985. The van der Waals surface area contributed by atoms with Crippen LogP contribution < -0.4 is 9.80 Å². The smallest absolute Gasteiger partial charge is 0.260 e. The van der Waals surface area contributed by atoms with Gasteiger partial charge in [-0.25, -0.2) is 4.98 Å². The van der Waals surface area contributed by atoms with Gasteiger partial charge in [0.15, 0.2) is 5.13 Å². The summed E-state index contributed by atoms with van der Waals surface area (Å²) in [7, 11) is 3.97. The number of thiazole rings is 1. The molecule has 0 saturated heterocycles. The Bertz CT molecular complexity index is 1180. The number of amides is 1. The zero-order valence-electron chi connectivity index (χ0n) is 17.6. The van der Waals surface area contributed by atoms with Crippen molar-refractivity contribution in [3.8, 4) is 0 Å². The average molecular weight is 417 g/mol. The van der Waals surface area contributed by atoms with Gasteiger partial charge in [0.2, 0.25) is 0 Å². The summed E-state index contributed by atoms with van der Waals surface area (Å²) in [4.78, 5) is 26.3. The Morgan fingerprint density at radius 2 is 1.83 bits per heavy atom. The zero-order valence-corrected chi connectivity index (χ0v) is 18.4. The molecule has 4 aromatic rings. The van der Waals surface area contributed by atoms with Crippen LogP contribution in [0.5, 0.6) is 0 Å². The summed E-state index contributed by atoms with van der Waals surface area (Å²) >= 11 is 1.56. The van der Waals surface area contributed by atoms with Gasteiger partial charge < -0.3 is 4.90 Å². The van der Waals surface area contributed by atoms with E-state index in [1.165, 1.54) is 11.1 Å². The first-order chi connectivity index (χ1) is 14.4. The Morgan fingerprint density at radius 3 is 2.50 bits per heavy atom. The first kappa shape index (κ1) is 20.0. The third-order valence-corrected chi connectivity index (χ3v) is 6.21. The molecule has 0 aliphatic rings. The molecule has 2 heterocycles. The van der Waals surface area contributed by atoms with Crippen molar-refractivity contribution in [3.05, 3.63) is 83.2 Å². The van der Waals surface area contributed by atoms with Crippen LogP contribution in [0.4, 0.5) is 10.8 Å². The molecule has 1 amide bonds. The molecule has 0 unspecified atom stereocenters. The van der Waals surface area contributed by atoms with Crippen LogP contribution >= 0.6 is 11.3 Å². The lowest BCUT2D eigenvalue weighted by Crippen LogP contribution is -2.30. The minimum absolute atomic E-state index is 0.0717. The standard InChI is InChI=1S/C24H24N4OS/c1-16-12-17(2)22-21(13-16)26-24(30-22)28(15-18-6-5-11-25-14-18)23(29)19-7-9-20(10-8-19)27(3)4/h5-14H,15H2,1-4H3. The molecule has 0 radical (unpaired) electrons. The van der Waals surface area contributed by atoms with Crippen LogP contribution in [-0.2, 0) is 6.54 Å². The quantitative estimate of drug-likeness (QED) is 0.447. The van der Waals surface area contributed by atoms with Crippen molar-refractivity contribution >= 4 is 38.3 Å². The molecule has 0 N–H and O–H groups in total. The molecular weight excluding hydrogens is 392 g/mol. The van der Waals surface area contributed by atoms with Crippen LogP contribution in [0.25, 0.3) is 10.2 Å². The van der Waals surface area contributed by atoms with Crippen LogP contribution in [0.1, 0.15) is 27.0 Å². The van der Waals surface area contributed by atoms with E-state index in [9.17, 15) is 4.79 Å². The number of aryl methyl sites for hydroxylation is 2. The summed E-state index contributed by atoms with van der Waals surface area (Å²) in [6.45, 7) is 4.57. The molecule has 30 heavy (non-hydrogen) atoms. The van der Waals surface area contributed by atoms with E-state index in [2.05, 4.69) is 31.0 Å². The minimum atomic E-state index is -0.0717. The molecule has 6 heteroatoms. The predicted octanol–water partition coefficient (Wildman–Crippen LogP) is 5.22. The number of carbonyl (C=O) groups excluding carboxylic acids is 1. The normalized spacial score (nSPS) is 10.9. The molecule has 0 spiro atoms. The number of anilines is 2. The molecule has 4 rings (SSSR count). The molecule has 0 atom stereocenters. The second-order valence-corrected chi connectivity index (χ2v) is 8.60. The molecule has 5 nitrogen and oxygen atoms in total. The zero-order chi connectivity index (χ0) is 21.3. The van der Waals surface area contributed by atoms with Crippen LogP contribution in [0.2, 0.25) is 0 Å². The number of benzene rings is 2. The fourth-order valence-corrected chi connectivity index (χ4v) is 4.45. The Morgan fingerprint density at radius 1 is 1.07 bits per heavy atom. The van der Waals surface area contributed by atoms with Crippen molar-refractivity contribution in [1.82, 2.24) is 9.97 Å². The molecule has 0 aliphatic heterocycles. The van der Waals surface area contributed by atoms with E-state index >= 15 is 0 Å². The Kier molecular flexibility index (Phi) is 5.50. The Labute approximate surface area is 180 Å². The van der Waals surface area contributed by atoms with Gasteiger partial charge in [-0.1, -0.05) is 23.5 Å². The lowest BCUT2D eigenvalue weighted by Gasteiger charge is -2.20. The average Bonchev–Trinajstić information content (AvgIpc) is 3.16. The van der Waals surface area contributed by atoms with Gasteiger partial charge in [-0.15, -0.1) is 0 Å². The van der Waals surface area contributed by atoms with Crippen molar-refractivity contribution in [2.45, 2.75) is 20.4 Å². The molecule has 152 valence electrons. The maximum Gasteiger partial charge on any atom is 0.260 e. The maximum absolute atomic E-state index is 13.5. The fraction of sp³-hybridized carbons (Fsp3) is 0.208. The SMILES string of the molecule is Cc1cc(C)c2sc(N(Cc3cccnc3)C(=O)c3ccc(N(C)C)cc3)nc2c1. The number of pyridine rings is 1. The van der Waals surface area contributed by atoms with Gasteiger partial charge >= 0.3 is 0 Å². The van der Waals surface area contributed by atoms with E-state index in [0.717, 1.165) is 21.5 Å². The largest absolute Gasteiger partial charge is 0.378 e. The molecule has 0 aliphatic carbocycles. The Balaban J connectivity index is 1.76. The van der Waals surface area contributed by atoms with Crippen LogP contribution in [-0.4, -0.2) is 30.0 Å². The second kappa shape index (κ2) is 8.24. The Hall–Kier alpha value is -3.25. The van der Waals surface area contributed by atoms with Crippen molar-refractivity contribution in [1.29, 1.82) is 0 Å². The minimum Gasteiger partial charge on any atom is -0.378 e. The second-order valence-electron chi connectivity index (χ2n) is 7.62. The molecule has 0 bridgehead atoms. The summed E-state index contributed by atoms with van der Waals surface area (Å²) < 4.78 is 1.11. The van der Waals surface area contributed by atoms with E-state index in [1.54, 1.807) is 28.6 Å². The number of carbonyl (C=O) groups is 1. The number of nitrogens with zero attached hydrogens (tertiary/aromatic N) is 4. The highest BCUT2D eigenvalue weighted by molar-refractivity contribution is 7.22. The summed E-state index contributed by atoms with van der Waals surface area (Å²) in [5, 5.41) is 0.698. The molecular formula is C24H24N4OS. The number of hydrogen-bond acceptors (Lipinski definition) is 5. The summed E-state index contributed by atoms with van der Waals surface area (Å²) in [6, 6.07) is 15.7. The number of aromatic nitrogens is 2. The fourth-order valence-electron chi connectivity index (χ4n) is 3.44. The van der Waals surface area contributed by atoms with E-state index in [0.29, 0.717) is 17.2 Å². The number of rotatable bonds is 5. The van der Waals surface area contributed by atoms with Gasteiger partial charge in [-0.2, -0.15) is 0 Å². The molecule has 0 fully saturated rings. The van der Waals surface area contributed by atoms with Crippen LogP contribution in [0, 0.1) is 13.8 Å².